The third kappa shape index (κ3) is 1.90. The second-order valence-corrected chi connectivity index (χ2v) is 4.96. The van der Waals surface area contributed by atoms with Crippen LogP contribution < -0.4 is 9.80 Å². The molecule has 0 radical (unpaired) electrons. The molecule has 4 nitrogen and oxygen atoms in total. The molecule has 1 aliphatic rings. The van der Waals surface area contributed by atoms with E-state index in [4.69, 9.17) is 0 Å². The Morgan fingerprint density at radius 1 is 1.00 bits per heavy atom. The first-order valence-electron chi connectivity index (χ1n) is 6.70. The molecule has 2 aromatic carbocycles. The molecule has 3 rings (SSSR count). The van der Waals surface area contributed by atoms with Gasteiger partial charge in [0.15, 0.2) is 0 Å². The zero-order valence-electron chi connectivity index (χ0n) is 11.1. The fourth-order valence-electron chi connectivity index (χ4n) is 3.03. The quantitative estimate of drug-likeness (QED) is 0.841. The van der Waals surface area contributed by atoms with Crippen LogP contribution in [0.5, 0.6) is 0 Å². The van der Waals surface area contributed by atoms with E-state index in [1.165, 1.54) is 0 Å². The van der Waals surface area contributed by atoms with Crippen LogP contribution in [0.25, 0.3) is 0 Å². The molecule has 0 bridgehead atoms. The lowest BCUT2D eigenvalue weighted by Crippen LogP contribution is -2.55. The maximum atomic E-state index is 11.7. The van der Waals surface area contributed by atoms with Gasteiger partial charge in [0, 0.05) is 0 Å². The fourth-order valence-corrected chi connectivity index (χ4v) is 3.03. The van der Waals surface area contributed by atoms with Crippen molar-refractivity contribution in [2.75, 3.05) is 13.1 Å². The normalized spacial score (nSPS) is 20.7. The van der Waals surface area contributed by atoms with E-state index in [1.54, 1.807) is 0 Å². The summed E-state index contributed by atoms with van der Waals surface area (Å²) in [6.07, 6.45) is -0.653. The number of aliphatic carboxylic acids is 1. The third-order valence-corrected chi connectivity index (χ3v) is 3.91. The summed E-state index contributed by atoms with van der Waals surface area (Å²) in [5.74, 6) is -0.824. The summed E-state index contributed by atoms with van der Waals surface area (Å²) in [4.78, 5) is 11.7. The Morgan fingerprint density at radius 3 is 1.95 bits per heavy atom. The van der Waals surface area contributed by atoms with Crippen LogP contribution in [0, 0.1) is 0 Å². The zero-order chi connectivity index (χ0) is 14.0. The van der Waals surface area contributed by atoms with E-state index in [0.29, 0.717) is 11.0 Å². The van der Waals surface area contributed by atoms with E-state index in [-0.39, 0.29) is 0 Å². The van der Waals surface area contributed by atoms with Crippen molar-refractivity contribution >= 4 is 17.3 Å². The highest BCUT2D eigenvalue weighted by molar-refractivity contribution is 5.80. The summed E-state index contributed by atoms with van der Waals surface area (Å²) in [6, 6.07) is 19.7. The van der Waals surface area contributed by atoms with Crippen molar-refractivity contribution in [2.24, 2.45) is 0 Å². The Hall–Kier alpha value is -2.17. The molecular weight excluding hydrogens is 252 g/mol. The number of carboxylic acids is 1. The van der Waals surface area contributed by atoms with Gasteiger partial charge < -0.3 is 5.11 Å². The molecule has 1 unspecified atom stereocenters. The zero-order valence-corrected chi connectivity index (χ0v) is 11.1. The molecule has 0 spiro atoms. The van der Waals surface area contributed by atoms with E-state index in [9.17, 15) is 9.90 Å². The third-order valence-electron chi connectivity index (χ3n) is 3.91. The Bertz CT molecular complexity index is 559. The second kappa shape index (κ2) is 5.07. The van der Waals surface area contributed by atoms with E-state index >= 15 is 0 Å². The van der Waals surface area contributed by atoms with Gasteiger partial charge in [-0.15, -0.1) is 0 Å². The Kier molecular flexibility index (Phi) is 3.26. The van der Waals surface area contributed by atoms with E-state index in [1.807, 2.05) is 60.7 Å². The number of carboxylic acid groups (broad SMARTS) is 1. The van der Waals surface area contributed by atoms with Crippen LogP contribution in [0.2, 0.25) is 0 Å². The molecular formula is C16H17N2O2+. The topological polar surface area (TPSA) is 49.3 Å². The van der Waals surface area contributed by atoms with Crippen molar-refractivity contribution in [3.63, 3.8) is 0 Å². The largest absolute Gasteiger partial charge is 0.476 e. The maximum absolute atomic E-state index is 11.7. The molecule has 0 amide bonds. The first-order chi connectivity index (χ1) is 9.75. The van der Waals surface area contributed by atoms with Gasteiger partial charge in [-0.2, -0.15) is 0 Å². The lowest BCUT2D eigenvalue weighted by molar-refractivity contribution is -0.141. The van der Waals surface area contributed by atoms with Crippen LogP contribution in [-0.2, 0) is 4.79 Å². The minimum Gasteiger partial charge on any atom is -0.476 e. The van der Waals surface area contributed by atoms with Crippen molar-refractivity contribution < 1.29 is 9.90 Å². The number of benzene rings is 2. The van der Waals surface area contributed by atoms with Gasteiger partial charge in [-0.05, 0) is 24.3 Å². The van der Waals surface area contributed by atoms with Crippen molar-refractivity contribution in [1.29, 1.82) is 0 Å². The molecule has 2 N–H and O–H groups in total. The maximum Gasteiger partial charge on any atom is 0.379 e. The molecule has 0 aromatic heterocycles. The van der Waals surface area contributed by atoms with Gasteiger partial charge in [-0.3, -0.25) is 5.32 Å². The minimum atomic E-state index is -0.824. The minimum absolute atomic E-state index is 0.316. The van der Waals surface area contributed by atoms with Crippen LogP contribution in [0.4, 0.5) is 11.4 Å². The molecule has 1 fully saturated rings. The van der Waals surface area contributed by atoms with Gasteiger partial charge >= 0.3 is 5.97 Å². The molecule has 102 valence electrons. The second-order valence-electron chi connectivity index (χ2n) is 4.96. The smallest absolute Gasteiger partial charge is 0.379 e. The average molecular weight is 269 g/mol. The van der Waals surface area contributed by atoms with E-state index in [0.717, 1.165) is 17.9 Å². The summed E-state index contributed by atoms with van der Waals surface area (Å²) in [6.45, 7) is 1.41. The Balaban J connectivity index is 2.21. The van der Waals surface area contributed by atoms with Crippen molar-refractivity contribution in [1.82, 2.24) is 9.80 Å². The standard InChI is InChI=1S/C16H16N2O2/c19-16(20)15-17-11-12-18(15,13-7-3-1-4-8-13)14-9-5-2-6-10-14/h1-10,15,17H,11-12H2/p+1. The van der Waals surface area contributed by atoms with Gasteiger partial charge in [0.05, 0.1) is 6.54 Å². The van der Waals surface area contributed by atoms with Crippen LogP contribution in [0.3, 0.4) is 0 Å². The summed E-state index contributed by atoms with van der Waals surface area (Å²) in [5.41, 5.74) is 1.99. The monoisotopic (exact) mass is 269 g/mol. The summed E-state index contributed by atoms with van der Waals surface area (Å²) in [5, 5.41) is 12.7. The molecule has 20 heavy (non-hydrogen) atoms. The van der Waals surface area contributed by atoms with Crippen molar-refractivity contribution in [3.05, 3.63) is 60.7 Å². The van der Waals surface area contributed by atoms with Gasteiger partial charge in [-0.25, -0.2) is 9.28 Å². The van der Waals surface area contributed by atoms with Gasteiger partial charge in [-0.1, -0.05) is 36.4 Å². The number of carbonyl (C=O) groups is 1. The summed E-state index contributed by atoms with van der Waals surface area (Å²) < 4.78 is 0.316. The number of hydrogen-bond donors (Lipinski definition) is 2. The first kappa shape index (κ1) is 12.8. The lowest BCUT2D eigenvalue weighted by Gasteiger charge is -2.36. The average Bonchev–Trinajstić information content (AvgIpc) is 2.95. The number of nitrogens with zero attached hydrogens (tertiary/aromatic N) is 1. The molecule has 0 aliphatic carbocycles. The van der Waals surface area contributed by atoms with Crippen molar-refractivity contribution in [3.8, 4) is 0 Å². The summed E-state index contributed by atoms with van der Waals surface area (Å²) in [7, 11) is 0. The SMILES string of the molecule is O=C(O)C1NCC[N+]1(c1ccccc1)c1ccccc1. The number of rotatable bonds is 3. The first-order valence-corrected chi connectivity index (χ1v) is 6.70. The molecule has 4 heteroatoms. The molecule has 1 saturated heterocycles. The number of para-hydroxylation sites is 2. The highest BCUT2D eigenvalue weighted by Gasteiger charge is 2.49. The predicted octanol–water partition coefficient (Wildman–Crippen LogP) is 2.34. The van der Waals surface area contributed by atoms with Crippen LogP contribution in [0.15, 0.2) is 60.7 Å². The van der Waals surface area contributed by atoms with Crippen LogP contribution in [-0.4, -0.2) is 30.3 Å². The van der Waals surface area contributed by atoms with E-state index in [2.05, 4.69) is 5.32 Å². The van der Waals surface area contributed by atoms with Gasteiger partial charge in [0.2, 0.25) is 0 Å². The molecule has 1 heterocycles. The number of hydrogen-bond acceptors (Lipinski definition) is 2. The van der Waals surface area contributed by atoms with Crippen LogP contribution in [0.1, 0.15) is 0 Å². The summed E-state index contributed by atoms with van der Waals surface area (Å²) >= 11 is 0. The Labute approximate surface area is 117 Å². The van der Waals surface area contributed by atoms with E-state index < -0.39 is 12.1 Å². The fraction of sp³-hybridized carbons (Fsp3) is 0.188. The van der Waals surface area contributed by atoms with Gasteiger partial charge in [0.1, 0.15) is 17.9 Å². The Morgan fingerprint density at radius 2 is 1.50 bits per heavy atom. The van der Waals surface area contributed by atoms with Crippen LogP contribution >= 0.6 is 0 Å². The highest BCUT2D eigenvalue weighted by atomic mass is 16.4. The number of nitrogens with one attached hydrogen (secondary N) is 1. The van der Waals surface area contributed by atoms with Gasteiger partial charge in [0.25, 0.3) is 6.17 Å². The predicted molar refractivity (Wildman–Crippen MR) is 78.6 cm³/mol. The van der Waals surface area contributed by atoms with Crippen molar-refractivity contribution in [2.45, 2.75) is 6.17 Å². The lowest BCUT2D eigenvalue weighted by atomic mass is 10.1. The molecule has 0 saturated carbocycles. The molecule has 2 aromatic rings. The number of quaternary nitrogens is 1. The molecule has 1 atom stereocenters. The molecule has 1 aliphatic heterocycles. The highest BCUT2D eigenvalue weighted by Crippen LogP contribution is 2.38.